The molecule has 0 bridgehead atoms. The number of rotatable bonds is 10. The highest BCUT2D eigenvalue weighted by Gasteiger charge is 2.34. The second kappa shape index (κ2) is 10.7. The van der Waals surface area contributed by atoms with E-state index in [1.165, 1.54) is 12.3 Å². The van der Waals surface area contributed by atoms with Gasteiger partial charge in [-0.15, -0.1) is 4.91 Å². The van der Waals surface area contributed by atoms with Crippen molar-refractivity contribution in [2.24, 2.45) is 5.18 Å². The second-order valence-corrected chi connectivity index (χ2v) is 9.72. The van der Waals surface area contributed by atoms with Gasteiger partial charge in [0.2, 0.25) is 11.9 Å². The first kappa shape index (κ1) is 26.1. The molecule has 2 aromatic heterocycles. The molecular weight excluding hydrogens is 505 g/mol. The molecule has 2 aliphatic rings. The van der Waals surface area contributed by atoms with Crippen molar-refractivity contribution in [3.05, 3.63) is 64.4 Å². The lowest BCUT2D eigenvalue weighted by Crippen LogP contribution is -2.47. The fourth-order valence-electron chi connectivity index (χ4n) is 4.56. The summed E-state index contributed by atoms with van der Waals surface area (Å²) in [5.74, 6) is -0.572. The van der Waals surface area contributed by atoms with Crippen LogP contribution in [0.15, 0.2) is 52.2 Å². The van der Waals surface area contributed by atoms with Crippen LogP contribution in [0, 0.1) is 4.91 Å². The fraction of sp³-hybridized carbons (Fsp3) is 0.462. The first-order chi connectivity index (χ1) is 18.2. The number of benzene rings is 1. The number of hydrogen-bond acceptors (Lipinski definition) is 8. The summed E-state index contributed by atoms with van der Waals surface area (Å²) in [4.78, 5) is 31.2. The van der Waals surface area contributed by atoms with Crippen LogP contribution in [0.25, 0.3) is 11.0 Å². The summed E-state index contributed by atoms with van der Waals surface area (Å²) >= 11 is 0. The Balaban J connectivity index is 1.34. The summed E-state index contributed by atoms with van der Waals surface area (Å²) in [5, 5.41) is 16.8. The number of aliphatic hydroxyl groups excluding tert-OH is 1. The van der Waals surface area contributed by atoms with Crippen LogP contribution < -0.4 is 10.1 Å². The van der Waals surface area contributed by atoms with Crippen LogP contribution in [0.4, 0.5) is 13.2 Å². The van der Waals surface area contributed by atoms with Crippen molar-refractivity contribution in [1.82, 2.24) is 15.2 Å². The molecule has 3 aromatic rings. The van der Waals surface area contributed by atoms with Crippen molar-refractivity contribution in [3.63, 3.8) is 0 Å². The Bertz CT molecular complexity index is 1290. The lowest BCUT2D eigenvalue weighted by atomic mass is 10.0. The number of nitrogens with one attached hydrogen (secondary N) is 1. The highest BCUT2D eigenvalue weighted by Crippen LogP contribution is 2.34. The number of likely N-dealkylation sites (tertiary alicyclic amines) is 1. The summed E-state index contributed by atoms with van der Waals surface area (Å²) in [6.45, 7) is 1.91. The zero-order chi connectivity index (χ0) is 26.9. The number of aromatic nitrogens is 1. The lowest BCUT2D eigenvalue weighted by Gasteiger charge is -2.29. The number of hydrogen-bond donors (Lipinski definition) is 2. The SMILES string of the molecule is O=NC(C(=O)NC(CN1CCCC1)C(O)c1ccc(OC2CC2)nc1)c1cc2cc(C(F)(F)F)ccc2o1. The molecule has 9 nitrogen and oxygen atoms in total. The highest BCUT2D eigenvalue weighted by atomic mass is 19.4. The first-order valence-electron chi connectivity index (χ1n) is 12.5. The van der Waals surface area contributed by atoms with Gasteiger partial charge in [-0.1, -0.05) is 0 Å². The minimum atomic E-state index is -4.55. The molecule has 5 rings (SSSR count). The Hall–Kier alpha value is -3.51. The molecule has 38 heavy (non-hydrogen) atoms. The van der Waals surface area contributed by atoms with Gasteiger partial charge in [0, 0.05) is 29.8 Å². The van der Waals surface area contributed by atoms with E-state index in [0.29, 0.717) is 18.0 Å². The molecule has 1 aromatic carbocycles. The minimum Gasteiger partial charge on any atom is -0.474 e. The van der Waals surface area contributed by atoms with Crippen LogP contribution in [0.2, 0.25) is 0 Å². The number of carbonyl (C=O) groups excluding carboxylic acids is 1. The zero-order valence-electron chi connectivity index (χ0n) is 20.4. The molecule has 202 valence electrons. The number of aliphatic hydroxyl groups is 1. The van der Waals surface area contributed by atoms with Gasteiger partial charge < -0.3 is 24.5 Å². The number of fused-ring (bicyclic) bond motifs is 1. The predicted octanol–water partition coefficient (Wildman–Crippen LogP) is 4.51. The number of ether oxygens (including phenoxy) is 1. The van der Waals surface area contributed by atoms with Gasteiger partial charge in [-0.25, -0.2) is 4.98 Å². The third-order valence-electron chi connectivity index (χ3n) is 6.76. The molecule has 3 atom stereocenters. The van der Waals surface area contributed by atoms with Crippen LogP contribution >= 0.6 is 0 Å². The Labute approximate surface area is 215 Å². The molecular formula is C26H27F3N4O5. The molecule has 1 saturated heterocycles. The number of amides is 1. The van der Waals surface area contributed by atoms with Gasteiger partial charge in [-0.05, 0) is 74.3 Å². The number of carbonyl (C=O) groups is 1. The van der Waals surface area contributed by atoms with Crippen molar-refractivity contribution in [1.29, 1.82) is 0 Å². The number of nitroso groups, excluding NO2 is 1. The second-order valence-electron chi connectivity index (χ2n) is 9.72. The largest absolute Gasteiger partial charge is 0.474 e. The van der Waals surface area contributed by atoms with Crippen molar-refractivity contribution in [2.75, 3.05) is 19.6 Å². The summed E-state index contributed by atoms with van der Waals surface area (Å²) in [6, 6.07) is 4.93. The van der Waals surface area contributed by atoms with Crippen molar-refractivity contribution in [3.8, 4) is 5.88 Å². The molecule has 3 unspecified atom stereocenters. The number of pyridine rings is 1. The molecule has 2 fully saturated rings. The number of nitrogens with zero attached hydrogens (tertiary/aromatic N) is 3. The number of furan rings is 1. The van der Waals surface area contributed by atoms with E-state index in [-0.39, 0.29) is 22.8 Å². The van der Waals surface area contributed by atoms with E-state index in [4.69, 9.17) is 9.15 Å². The van der Waals surface area contributed by atoms with E-state index in [9.17, 15) is 28.0 Å². The standard InChI is InChI=1S/C26H27F3N4O5/c27-26(28,29)17-4-7-20-16(11-17)12-21(38-20)23(32-36)25(35)31-19(14-33-9-1-2-10-33)24(34)15-3-8-22(30-13-15)37-18-5-6-18/h3-4,7-8,11-13,18-19,23-24,34H,1-2,5-6,9-10,14H2,(H,31,35). The van der Waals surface area contributed by atoms with E-state index in [1.807, 2.05) is 0 Å². The third-order valence-corrected chi connectivity index (χ3v) is 6.76. The molecule has 1 aliphatic carbocycles. The molecule has 2 N–H and O–H groups in total. The highest BCUT2D eigenvalue weighted by molar-refractivity contribution is 5.86. The first-order valence-corrected chi connectivity index (χ1v) is 12.5. The van der Waals surface area contributed by atoms with E-state index >= 15 is 0 Å². The maximum atomic E-state index is 13.2. The monoisotopic (exact) mass is 532 g/mol. The quantitative estimate of drug-likeness (QED) is 0.369. The Morgan fingerprint density at radius 2 is 1.97 bits per heavy atom. The van der Waals surface area contributed by atoms with Crippen molar-refractivity contribution < 1.29 is 32.2 Å². The van der Waals surface area contributed by atoms with E-state index in [2.05, 4.69) is 20.4 Å². The Morgan fingerprint density at radius 3 is 2.61 bits per heavy atom. The number of halogens is 3. The fourth-order valence-corrected chi connectivity index (χ4v) is 4.56. The van der Waals surface area contributed by atoms with Crippen LogP contribution in [0.5, 0.6) is 5.88 Å². The van der Waals surface area contributed by atoms with E-state index < -0.39 is 35.8 Å². The molecule has 1 saturated carbocycles. The minimum absolute atomic E-state index is 0.0858. The lowest BCUT2D eigenvalue weighted by molar-refractivity contribution is -0.137. The van der Waals surface area contributed by atoms with Gasteiger partial charge in [-0.2, -0.15) is 13.2 Å². The van der Waals surface area contributed by atoms with Gasteiger partial charge >= 0.3 is 6.18 Å². The van der Waals surface area contributed by atoms with Crippen molar-refractivity contribution >= 4 is 16.9 Å². The van der Waals surface area contributed by atoms with Crippen LogP contribution in [0.1, 0.15) is 54.7 Å². The van der Waals surface area contributed by atoms with Gasteiger partial charge in [-0.3, -0.25) is 4.79 Å². The smallest absolute Gasteiger partial charge is 0.416 e. The average molecular weight is 533 g/mol. The zero-order valence-corrected chi connectivity index (χ0v) is 20.4. The van der Waals surface area contributed by atoms with Crippen LogP contribution in [-0.2, 0) is 11.0 Å². The van der Waals surface area contributed by atoms with Crippen LogP contribution in [-0.4, -0.2) is 52.7 Å². The van der Waals surface area contributed by atoms with Gasteiger partial charge in [0.15, 0.2) is 0 Å². The average Bonchev–Trinajstić information content (AvgIpc) is 3.36. The van der Waals surface area contributed by atoms with E-state index in [1.54, 1.807) is 12.1 Å². The normalized spacial score (nSPS) is 18.7. The molecule has 0 spiro atoms. The van der Waals surface area contributed by atoms with Gasteiger partial charge in [0.05, 0.1) is 11.6 Å². The summed E-state index contributed by atoms with van der Waals surface area (Å²) in [5.41, 5.74) is -0.340. The van der Waals surface area contributed by atoms with Gasteiger partial charge in [0.25, 0.3) is 5.91 Å². The maximum absolute atomic E-state index is 13.2. The summed E-state index contributed by atoms with van der Waals surface area (Å²) < 4.78 is 50.4. The molecule has 3 heterocycles. The van der Waals surface area contributed by atoms with Crippen molar-refractivity contribution in [2.45, 2.75) is 56.2 Å². The molecule has 1 aliphatic heterocycles. The van der Waals surface area contributed by atoms with E-state index in [0.717, 1.165) is 57.0 Å². The van der Waals surface area contributed by atoms with Gasteiger partial charge in [0.1, 0.15) is 23.6 Å². The molecule has 1 amide bonds. The number of alkyl halides is 3. The Kier molecular flexibility index (Phi) is 7.35. The predicted molar refractivity (Wildman–Crippen MR) is 130 cm³/mol. The topological polar surface area (TPSA) is 117 Å². The molecule has 0 radical (unpaired) electrons. The van der Waals surface area contributed by atoms with Crippen LogP contribution in [0.3, 0.4) is 0 Å². The summed E-state index contributed by atoms with van der Waals surface area (Å²) in [6.07, 6.45) is -0.107. The third kappa shape index (κ3) is 5.97. The maximum Gasteiger partial charge on any atom is 0.416 e. The summed E-state index contributed by atoms with van der Waals surface area (Å²) in [7, 11) is 0. The Morgan fingerprint density at radius 1 is 1.21 bits per heavy atom. The molecule has 12 heteroatoms.